The molecule has 0 aromatic carbocycles. The van der Waals surface area contributed by atoms with Crippen molar-refractivity contribution in [2.75, 3.05) is 19.8 Å². The predicted octanol–water partition coefficient (Wildman–Crippen LogP) is -0.0139. The summed E-state index contributed by atoms with van der Waals surface area (Å²) in [6.45, 7) is 0.695. The van der Waals surface area contributed by atoms with Crippen molar-refractivity contribution in [3.8, 4) is 0 Å². The van der Waals surface area contributed by atoms with Gasteiger partial charge in [0.25, 0.3) is 5.91 Å². The van der Waals surface area contributed by atoms with Gasteiger partial charge in [-0.15, -0.1) is 0 Å². The van der Waals surface area contributed by atoms with Crippen LogP contribution in [0.1, 0.15) is 23.2 Å². The lowest BCUT2D eigenvalue weighted by molar-refractivity contribution is -0.154. The highest BCUT2D eigenvalue weighted by Gasteiger charge is 2.40. The van der Waals surface area contributed by atoms with Gasteiger partial charge in [-0.3, -0.25) is 14.4 Å². The Hall–Kier alpha value is -2.15. The van der Waals surface area contributed by atoms with Gasteiger partial charge in [0.15, 0.2) is 5.43 Å². The molecule has 1 fully saturated rings. The Balaban J connectivity index is 2.07. The molecular weight excluding hydrogens is 264 g/mol. The van der Waals surface area contributed by atoms with Crippen LogP contribution in [-0.2, 0) is 9.53 Å². The van der Waals surface area contributed by atoms with E-state index in [2.05, 4.69) is 10.3 Å². The Morgan fingerprint density at radius 1 is 1.40 bits per heavy atom. The van der Waals surface area contributed by atoms with Gasteiger partial charge in [0.1, 0.15) is 5.56 Å². The molecule has 3 N–H and O–H groups in total. The van der Waals surface area contributed by atoms with Crippen molar-refractivity contribution in [3.05, 3.63) is 34.2 Å². The van der Waals surface area contributed by atoms with Crippen molar-refractivity contribution in [1.29, 1.82) is 0 Å². The van der Waals surface area contributed by atoms with Crippen LogP contribution in [-0.4, -0.2) is 41.7 Å². The third-order valence-corrected chi connectivity index (χ3v) is 3.56. The zero-order valence-corrected chi connectivity index (χ0v) is 10.8. The summed E-state index contributed by atoms with van der Waals surface area (Å²) < 4.78 is 5.15. The molecule has 1 aliphatic rings. The lowest BCUT2D eigenvalue weighted by Gasteiger charge is -2.33. The number of hydrogen-bond donors (Lipinski definition) is 3. The number of carbonyl (C=O) groups is 2. The van der Waals surface area contributed by atoms with Gasteiger partial charge < -0.3 is 20.1 Å². The summed E-state index contributed by atoms with van der Waals surface area (Å²) in [5.41, 5.74) is -1.45. The van der Waals surface area contributed by atoms with E-state index in [1.165, 1.54) is 18.5 Å². The number of aliphatic carboxylic acids is 1. The fourth-order valence-corrected chi connectivity index (χ4v) is 2.17. The summed E-state index contributed by atoms with van der Waals surface area (Å²) in [6.07, 6.45) is 3.41. The van der Waals surface area contributed by atoms with Crippen LogP contribution in [0.4, 0.5) is 0 Å². The number of carboxylic acid groups (broad SMARTS) is 1. The third-order valence-electron chi connectivity index (χ3n) is 3.56. The van der Waals surface area contributed by atoms with Crippen LogP contribution < -0.4 is 10.7 Å². The zero-order chi connectivity index (χ0) is 14.6. The fourth-order valence-electron chi connectivity index (χ4n) is 2.17. The fraction of sp³-hybridized carbons (Fsp3) is 0.462. The minimum absolute atomic E-state index is 0.0150. The molecule has 0 spiro atoms. The zero-order valence-electron chi connectivity index (χ0n) is 10.8. The van der Waals surface area contributed by atoms with Crippen LogP contribution in [0.5, 0.6) is 0 Å². The van der Waals surface area contributed by atoms with E-state index in [9.17, 15) is 19.5 Å². The van der Waals surface area contributed by atoms with Crippen LogP contribution in [0.25, 0.3) is 0 Å². The second-order valence-electron chi connectivity index (χ2n) is 4.80. The van der Waals surface area contributed by atoms with Gasteiger partial charge in [-0.05, 0) is 12.8 Å². The molecule has 0 bridgehead atoms. The maximum Gasteiger partial charge on any atom is 0.311 e. The van der Waals surface area contributed by atoms with E-state index in [0.29, 0.717) is 26.1 Å². The molecule has 20 heavy (non-hydrogen) atoms. The molecule has 108 valence electrons. The first-order valence-corrected chi connectivity index (χ1v) is 6.32. The van der Waals surface area contributed by atoms with E-state index in [4.69, 9.17) is 4.74 Å². The predicted molar refractivity (Wildman–Crippen MR) is 69.5 cm³/mol. The molecule has 0 saturated carbocycles. The van der Waals surface area contributed by atoms with Gasteiger partial charge in [-0.25, -0.2) is 0 Å². The Morgan fingerprint density at radius 2 is 2.10 bits per heavy atom. The summed E-state index contributed by atoms with van der Waals surface area (Å²) in [4.78, 5) is 37.5. The quantitative estimate of drug-likeness (QED) is 0.718. The summed E-state index contributed by atoms with van der Waals surface area (Å²) in [6, 6.07) is 1.25. The van der Waals surface area contributed by atoms with Crippen molar-refractivity contribution in [2.24, 2.45) is 5.41 Å². The van der Waals surface area contributed by atoms with Gasteiger partial charge in [-0.2, -0.15) is 0 Å². The van der Waals surface area contributed by atoms with Crippen LogP contribution in [0.3, 0.4) is 0 Å². The topological polar surface area (TPSA) is 108 Å². The van der Waals surface area contributed by atoms with E-state index < -0.39 is 22.7 Å². The molecule has 1 aromatic heterocycles. The van der Waals surface area contributed by atoms with Crippen molar-refractivity contribution in [3.63, 3.8) is 0 Å². The normalized spacial score (nSPS) is 17.4. The largest absolute Gasteiger partial charge is 0.481 e. The van der Waals surface area contributed by atoms with E-state index >= 15 is 0 Å². The molecule has 1 saturated heterocycles. The van der Waals surface area contributed by atoms with Crippen LogP contribution in [0, 0.1) is 5.41 Å². The summed E-state index contributed by atoms with van der Waals surface area (Å²) in [7, 11) is 0. The van der Waals surface area contributed by atoms with Gasteiger partial charge >= 0.3 is 5.97 Å². The molecule has 2 heterocycles. The SMILES string of the molecule is O=C(NCC1(C(=O)O)CCOCC1)c1c[nH]ccc1=O. The first-order chi connectivity index (χ1) is 9.55. The molecule has 2 rings (SSSR count). The highest BCUT2D eigenvalue weighted by Crippen LogP contribution is 2.30. The maximum atomic E-state index is 11.9. The van der Waals surface area contributed by atoms with Crippen molar-refractivity contribution < 1.29 is 19.4 Å². The van der Waals surface area contributed by atoms with Crippen molar-refractivity contribution in [1.82, 2.24) is 10.3 Å². The minimum Gasteiger partial charge on any atom is -0.481 e. The number of nitrogens with one attached hydrogen (secondary N) is 2. The number of hydrogen-bond acceptors (Lipinski definition) is 4. The lowest BCUT2D eigenvalue weighted by Crippen LogP contribution is -2.47. The number of pyridine rings is 1. The van der Waals surface area contributed by atoms with E-state index in [1.54, 1.807) is 0 Å². The van der Waals surface area contributed by atoms with Crippen LogP contribution in [0.2, 0.25) is 0 Å². The second-order valence-corrected chi connectivity index (χ2v) is 4.80. The van der Waals surface area contributed by atoms with E-state index in [0.717, 1.165) is 0 Å². The summed E-state index contributed by atoms with van der Waals surface area (Å²) in [5.74, 6) is -1.53. The van der Waals surface area contributed by atoms with E-state index in [-0.39, 0.29) is 12.1 Å². The molecule has 0 unspecified atom stereocenters. The standard InChI is InChI=1S/C13H16N2O5/c16-10-1-4-14-7-9(10)11(17)15-8-13(12(18)19)2-5-20-6-3-13/h1,4,7H,2-3,5-6,8H2,(H,14,16)(H,15,17)(H,18,19). The number of carboxylic acids is 1. The maximum absolute atomic E-state index is 11.9. The second kappa shape index (κ2) is 5.87. The molecular formula is C13H16N2O5. The summed E-state index contributed by atoms with van der Waals surface area (Å²) >= 11 is 0. The molecule has 0 aliphatic carbocycles. The van der Waals surface area contributed by atoms with E-state index in [1.807, 2.05) is 0 Å². The van der Waals surface area contributed by atoms with Gasteiger partial charge in [0.2, 0.25) is 0 Å². The number of rotatable bonds is 4. The molecule has 1 aliphatic heterocycles. The Kier molecular flexibility index (Phi) is 4.19. The Bertz CT molecular complexity index is 560. The average molecular weight is 280 g/mol. The number of aromatic nitrogens is 1. The highest BCUT2D eigenvalue weighted by atomic mass is 16.5. The molecule has 0 radical (unpaired) electrons. The first-order valence-electron chi connectivity index (χ1n) is 6.32. The molecule has 7 heteroatoms. The highest BCUT2D eigenvalue weighted by molar-refractivity contribution is 5.94. The summed E-state index contributed by atoms with van der Waals surface area (Å²) in [5, 5.41) is 11.9. The molecule has 0 atom stereocenters. The number of ether oxygens (including phenoxy) is 1. The van der Waals surface area contributed by atoms with Crippen LogP contribution >= 0.6 is 0 Å². The lowest BCUT2D eigenvalue weighted by atomic mass is 9.80. The van der Waals surface area contributed by atoms with Gasteiger partial charge in [0.05, 0.1) is 5.41 Å². The van der Waals surface area contributed by atoms with Gasteiger partial charge in [0, 0.05) is 38.2 Å². The number of carbonyl (C=O) groups excluding carboxylic acids is 1. The number of H-pyrrole nitrogens is 1. The Labute approximate surface area is 115 Å². The first kappa shape index (κ1) is 14.3. The average Bonchev–Trinajstić information content (AvgIpc) is 2.46. The van der Waals surface area contributed by atoms with Crippen molar-refractivity contribution >= 4 is 11.9 Å². The third kappa shape index (κ3) is 2.88. The smallest absolute Gasteiger partial charge is 0.311 e. The van der Waals surface area contributed by atoms with Gasteiger partial charge in [-0.1, -0.05) is 0 Å². The minimum atomic E-state index is -1.02. The molecule has 1 amide bonds. The molecule has 7 nitrogen and oxygen atoms in total. The number of amides is 1. The Morgan fingerprint density at radius 3 is 2.70 bits per heavy atom. The molecule has 1 aromatic rings. The van der Waals surface area contributed by atoms with Crippen LogP contribution in [0.15, 0.2) is 23.3 Å². The van der Waals surface area contributed by atoms with Crippen molar-refractivity contribution in [2.45, 2.75) is 12.8 Å². The number of aromatic amines is 1. The monoisotopic (exact) mass is 280 g/mol.